The van der Waals surface area contributed by atoms with Crippen LogP contribution in [0.2, 0.25) is 0 Å². The molecule has 1 aromatic heterocycles. The standard InChI is InChI=1S/C23H20FN3O3/c1-16-22(17(2)27(26-16)20-7-5-19(24)6-8-20)11-12-23(28)30-14-13-29-21-9-3-18(15-25)4-10-21/h3-12H,13-14H2,1-2H3/b12-11+. The highest BCUT2D eigenvalue weighted by molar-refractivity contribution is 5.87. The van der Waals surface area contributed by atoms with Gasteiger partial charge in [-0.2, -0.15) is 10.4 Å². The van der Waals surface area contributed by atoms with Gasteiger partial charge in [0.1, 0.15) is 24.8 Å². The van der Waals surface area contributed by atoms with Gasteiger partial charge in [0.25, 0.3) is 0 Å². The van der Waals surface area contributed by atoms with Crippen LogP contribution in [0.1, 0.15) is 22.5 Å². The topological polar surface area (TPSA) is 77.1 Å². The minimum Gasteiger partial charge on any atom is -0.490 e. The molecule has 3 rings (SSSR count). The van der Waals surface area contributed by atoms with Gasteiger partial charge in [-0.3, -0.25) is 0 Å². The molecule has 0 bridgehead atoms. The highest BCUT2D eigenvalue weighted by Crippen LogP contribution is 2.19. The Balaban J connectivity index is 1.54. The number of aromatic nitrogens is 2. The number of aryl methyl sites for hydroxylation is 1. The number of carbonyl (C=O) groups is 1. The monoisotopic (exact) mass is 405 g/mol. The smallest absolute Gasteiger partial charge is 0.330 e. The first-order chi connectivity index (χ1) is 14.5. The van der Waals surface area contributed by atoms with Gasteiger partial charge in [-0.15, -0.1) is 0 Å². The summed E-state index contributed by atoms with van der Waals surface area (Å²) in [6, 6.07) is 14.7. The number of carbonyl (C=O) groups excluding carboxylic acids is 1. The summed E-state index contributed by atoms with van der Waals surface area (Å²) in [4.78, 5) is 12.0. The molecule has 0 atom stereocenters. The average Bonchev–Trinajstić information content (AvgIpc) is 3.04. The molecule has 0 N–H and O–H groups in total. The number of hydrogen-bond acceptors (Lipinski definition) is 5. The van der Waals surface area contributed by atoms with Gasteiger partial charge >= 0.3 is 5.97 Å². The van der Waals surface area contributed by atoms with Gasteiger partial charge in [-0.05, 0) is 68.5 Å². The lowest BCUT2D eigenvalue weighted by molar-refractivity contribution is -0.138. The predicted molar refractivity (Wildman–Crippen MR) is 110 cm³/mol. The maximum atomic E-state index is 13.1. The average molecular weight is 405 g/mol. The lowest BCUT2D eigenvalue weighted by Gasteiger charge is -2.06. The molecule has 0 spiro atoms. The Morgan fingerprint density at radius 2 is 1.83 bits per heavy atom. The van der Waals surface area contributed by atoms with Gasteiger partial charge in [0.05, 0.1) is 23.0 Å². The maximum Gasteiger partial charge on any atom is 0.330 e. The number of ether oxygens (including phenoxy) is 2. The molecule has 30 heavy (non-hydrogen) atoms. The Kier molecular flexibility index (Phi) is 6.60. The van der Waals surface area contributed by atoms with E-state index >= 15 is 0 Å². The quantitative estimate of drug-likeness (QED) is 0.335. The van der Waals surface area contributed by atoms with E-state index in [1.807, 2.05) is 19.9 Å². The Morgan fingerprint density at radius 3 is 2.50 bits per heavy atom. The summed E-state index contributed by atoms with van der Waals surface area (Å²) in [7, 11) is 0. The molecule has 3 aromatic rings. The van der Waals surface area contributed by atoms with Crippen molar-refractivity contribution in [2.75, 3.05) is 13.2 Å². The summed E-state index contributed by atoms with van der Waals surface area (Å²) < 4.78 is 25.4. The van der Waals surface area contributed by atoms with E-state index in [4.69, 9.17) is 14.7 Å². The lowest BCUT2D eigenvalue weighted by Crippen LogP contribution is -2.10. The predicted octanol–water partition coefficient (Wildman–Crippen LogP) is 4.14. The third-order valence-corrected chi connectivity index (χ3v) is 4.38. The van der Waals surface area contributed by atoms with Crippen LogP contribution in [0.5, 0.6) is 5.75 Å². The number of esters is 1. The van der Waals surface area contributed by atoms with Gasteiger partial charge in [0, 0.05) is 17.3 Å². The van der Waals surface area contributed by atoms with Crippen LogP contribution in [0.4, 0.5) is 4.39 Å². The van der Waals surface area contributed by atoms with Crippen LogP contribution in [0, 0.1) is 31.0 Å². The van der Waals surface area contributed by atoms with Gasteiger partial charge in [-0.25, -0.2) is 13.9 Å². The van der Waals surface area contributed by atoms with Crippen molar-refractivity contribution in [3.8, 4) is 17.5 Å². The molecule has 0 radical (unpaired) electrons. The molecule has 2 aromatic carbocycles. The summed E-state index contributed by atoms with van der Waals surface area (Å²) >= 11 is 0. The van der Waals surface area contributed by atoms with Crippen LogP contribution in [0.15, 0.2) is 54.6 Å². The maximum absolute atomic E-state index is 13.1. The molecule has 0 aliphatic heterocycles. The van der Waals surface area contributed by atoms with Gasteiger partial charge < -0.3 is 9.47 Å². The van der Waals surface area contributed by atoms with Gasteiger partial charge in [0.15, 0.2) is 0 Å². The zero-order valence-electron chi connectivity index (χ0n) is 16.6. The molecular formula is C23H20FN3O3. The first kappa shape index (κ1) is 20.8. The van der Waals surface area contributed by atoms with Crippen LogP contribution in [-0.4, -0.2) is 29.0 Å². The van der Waals surface area contributed by atoms with Crippen molar-refractivity contribution in [1.29, 1.82) is 5.26 Å². The van der Waals surface area contributed by atoms with E-state index in [2.05, 4.69) is 5.10 Å². The SMILES string of the molecule is Cc1nn(-c2ccc(F)cc2)c(C)c1/C=C/C(=O)OCCOc1ccc(C#N)cc1. The number of rotatable bonds is 7. The highest BCUT2D eigenvalue weighted by atomic mass is 19.1. The number of nitriles is 1. The van der Waals surface area contributed by atoms with E-state index in [1.165, 1.54) is 18.2 Å². The number of hydrogen-bond donors (Lipinski definition) is 0. The van der Waals surface area contributed by atoms with Crippen molar-refractivity contribution in [3.05, 3.63) is 82.9 Å². The van der Waals surface area contributed by atoms with Crippen LogP contribution < -0.4 is 4.74 Å². The fourth-order valence-corrected chi connectivity index (χ4v) is 2.86. The Labute approximate surface area is 173 Å². The molecular weight excluding hydrogens is 385 g/mol. The van der Waals surface area contributed by atoms with Gasteiger partial charge in [0.2, 0.25) is 0 Å². The second kappa shape index (κ2) is 9.52. The molecule has 0 aliphatic carbocycles. The number of nitrogens with zero attached hydrogens (tertiary/aromatic N) is 3. The van der Waals surface area contributed by atoms with Gasteiger partial charge in [-0.1, -0.05) is 0 Å². The third kappa shape index (κ3) is 5.11. The summed E-state index contributed by atoms with van der Waals surface area (Å²) in [5.74, 6) is -0.210. The number of benzene rings is 2. The first-order valence-electron chi connectivity index (χ1n) is 9.28. The number of halogens is 1. The second-order valence-electron chi connectivity index (χ2n) is 6.46. The van der Waals surface area contributed by atoms with Crippen LogP contribution >= 0.6 is 0 Å². The molecule has 152 valence electrons. The summed E-state index contributed by atoms with van der Waals surface area (Å²) in [5, 5.41) is 13.2. The van der Waals surface area contributed by atoms with E-state index < -0.39 is 5.97 Å². The molecule has 0 unspecified atom stereocenters. The Bertz CT molecular complexity index is 1090. The Morgan fingerprint density at radius 1 is 1.13 bits per heavy atom. The molecule has 0 aliphatic rings. The summed E-state index contributed by atoms with van der Waals surface area (Å²) in [5.41, 5.74) is 3.65. The summed E-state index contributed by atoms with van der Waals surface area (Å²) in [6.07, 6.45) is 3.00. The summed E-state index contributed by atoms with van der Waals surface area (Å²) in [6.45, 7) is 4.01. The minimum absolute atomic E-state index is 0.0932. The lowest BCUT2D eigenvalue weighted by atomic mass is 10.2. The molecule has 1 heterocycles. The van der Waals surface area contributed by atoms with Crippen LogP contribution in [-0.2, 0) is 9.53 Å². The largest absolute Gasteiger partial charge is 0.490 e. The van der Waals surface area contributed by atoms with Crippen LogP contribution in [0.3, 0.4) is 0 Å². The fraction of sp³-hybridized carbons (Fsp3) is 0.174. The molecule has 0 amide bonds. The minimum atomic E-state index is -0.494. The van der Waals surface area contributed by atoms with E-state index in [1.54, 1.807) is 47.2 Å². The molecule has 6 nitrogen and oxygen atoms in total. The Hall–Kier alpha value is -3.92. The zero-order valence-corrected chi connectivity index (χ0v) is 16.6. The van der Waals surface area contributed by atoms with Crippen molar-refractivity contribution in [3.63, 3.8) is 0 Å². The second-order valence-corrected chi connectivity index (χ2v) is 6.46. The van der Waals surface area contributed by atoms with E-state index in [0.29, 0.717) is 11.3 Å². The van der Waals surface area contributed by atoms with Crippen molar-refractivity contribution in [2.45, 2.75) is 13.8 Å². The normalized spacial score (nSPS) is 10.7. The molecule has 7 heteroatoms. The zero-order chi connectivity index (χ0) is 21.5. The van der Waals surface area contributed by atoms with E-state index in [-0.39, 0.29) is 19.0 Å². The van der Waals surface area contributed by atoms with Crippen LogP contribution in [0.25, 0.3) is 11.8 Å². The molecule has 0 saturated heterocycles. The van der Waals surface area contributed by atoms with E-state index in [0.717, 1.165) is 22.6 Å². The van der Waals surface area contributed by atoms with Crippen molar-refractivity contribution in [2.24, 2.45) is 0 Å². The molecule has 0 saturated carbocycles. The first-order valence-corrected chi connectivity index (χ1v) is 9.28. The van der Waals surface area contributed by atoms with E-state index in [9.17, 15) is 9.18 Å². The fourth-order valence-electron chi connectivity index (χ4n) is 2.86. The molecule has 0 fully saturated rings. The van der Waals surface area contributed by atoms with Crippen molar-refractivity contribution >= 4 is 12.0 Å². The van der Waals surface area contributed by atoms with Crippen molar-refractivity contribution in [1.82, 2.24) is 9.78 Å². The third-order valence-electron chi connectivity index (χ3n) is 4.38. The van der Waals surface area contributed by atoms with Crippen molar-refractivity contribution < 1.29 is 18.7 Å². The highest BCUT2D eigenvalue weighted by Gasteiger charge is 2.11.